The largest absolute Gasteiger partial charge is 0.462 e. The van der Waals surface area contributed by atoms with Crippen LogP contribution in [-0.2, 0) is 32.7 Å². The Labute approximate surface area is 333 Å². The summed E-state index contributed by atoms with van der Waals surface area (Å²) in [7, 11) is -4.10. The SMILES string of the molecule is CCCCCCCCCCCCCCCC(=O)OC[C@@H](COP(C)(=O)OC1[C@H](O)[C@H](O)C(O)[C@H](O)[C@H]1O)OC(=O)CCCCCCCCCCCCCCC. The van der Waals surface area contributed by atoms with Crippen LogP contribution in [0, 0.1) is 0 Å². The van der Waals surface area contributed by atoms with Gasteiger partial charge in [0.2, 0.25) is 0 Å². The van der Waals surface area contributed by atoms with E-state index in [9.17, 15) is 39.7 Å². The van der Waals surface area contributed by atoms with Crippen LogP contribution < -0.4 is 0 Å². The van der Waals surface area contributed by atoms with Crippen LogP contribution in [0.3, 0.4) is 0 Å². The van der Waals surface area contributed by atoms with E-state index in [4.69, 9.17) is 18.5 Å². The van der Waals surface area contributed by atoms with Crippen molar-refractivity contribution >= 4 is 19.5 Å². The van der Waals surface area contributed by atoms with E-state index in [2.05, 4.69) is 13.8 Å². The molecule has 1 saturated carbocycles. The summed E-state index contributed by atoms with van der Waals surface area (Å²) in [6.07, 6.45) is 19.0. The molecule has 0 aromatic rings. The lowest BCUT2D eigenvalue weighted by Crippen LogP contribution is -2.64. The second-order valence-electron chi connectivity index (χ2n) is 15.9. The van der Waals surface area contributed by atoms with Gasteiger partial charge in [-0.25, -0.2) is 0 Å². The molecule has 0 spiro atoms. The molecule has 0 amide bonds. The highest BCUT2D eigenvalue weighted by molar-refractivity contribution is 7.53. The predicted molar refractivity (Wildman–Crippen MR) is 216 cm³/mol. The lowest BCUT2D eigenvalue weighted by Gasteiger charge is -2.42. The molecule has 326 valence electrons. The van der Waals surface area contributed by atoms with Crippen LogP contribution in [0.4, 0.5) is 0 Å². The molecule has 0 aromatic carbocycles. The van der Waals surface area contributed by atoms with Crippen molar-refractivity contribution in [2.24, 2.45) is 0 Å². The Bertz CT molecular complexity index is 984. The van der Waals surface area contributed by atoms with Gasteiger partial charge >= 0.3 is 19.5 Å². The van der Waals surface area contributed by atoms with E-state index in [-0.39, 0.29) is 19.4 Å². The molecule has 0 aromatic heterocycles. The van der Waals surface area contributed by atoms with Gasteiger partial charge < -0.3 is 39.5 Å². The number of carbonyl (C=O) groups excluding carboxylic acids is 2. The first-order chi connectivity index (χ1) is 26.4. The highest BCUT2D eigenvalue weighted by Gasteiger charge is 2.50. The quantitative estimate of drug-likeness (QED) is 0.0231. The highest BCUT2D eigenvalue weighted by atomic mass is 31.2. The van der Waals surface area contributed by atoms with E-state index in [1.165, 1.54) is 116 Å². The van der Waals surface area contributed by atoms with Crippen LogP contribution in [0.1, 0.15) is 194 Å². The number of rotatable bonds is 36. The fraction of sp³-hybridized carbons (Fsp3) is 0.952. The summed E-state index contributed by atoms with van der Waals surface area (Å²) in [5.74, 6) is -0.944. The number of carbonyl (C=O) groups is 2. The Morgan fingerprint density at radius 2 is 0.818 bits per heavy atom. The normalized spacial score (nSPS) is 23.0. The predicted octanol–water partition coefficient (Wildman–Crippen LogP) is 8.45. The highest BCUT2D eigenvalue weighted by Crippen LogP contribution is 2.47. The van der Waals surface area contributed by atoms with Gasteiger partial charge in [-0.1, -0.05) is 168 Å². The molecule has 3 unspecified atom stereocenters. The molecule has 0 bridgehead atoms. The maximum Gasteiger partial charge on any atom is 0.328 e. The van der Waals surface area contributed by atoms with Crippen LogP contribution in [0.15, 0.2) is 0 Å². The first kappa shape index (κ1) is 51.9. The van der Waals surface area contributed by atoms with Crippen molar-refractivity contribution in [1.29, 1.82) is 0 Å². The average Bonchev–Trinajstić information content (AvgIpc) is 3.16. The molecule has 55 heavy (non-hydrogen) atoms. The Morgan fingerprint density at radius 1 is 0.491 bits per heavy atom. The van der Waals surface area contributed by atoms with Crippen LogP contribution in [0.5, 0.6) is 0 Å². The van der Waals surface area contributed by atoms with E-state index < -0.39 is 68.9 Å². The summed E-state index contributed by atoms with van der Waals surface area (Å²) in [5, 5.41) is 50.5. The number of esters is 2. The average molecular weight is 809 g/mol. The third-order valence-electron chi connectivity index (χ3n) is 10.6. The van der Waals surface area contributed by atoms with Crippen molar-refractivity contribution in [3.05, 3.63) is 0 Å². The molecular weight excluding hydrogens is 727 g/mol. The van der Waals surface area contributed by atoms with Gasteiger partial charge in [-0.05, 0) is 12.8 Å². The summed E-state index contributed by atoms with van der Waals surface area (Å²) in [4.78, 5) is 25.3. The van der Waals surface area contributed by atoms with Gasteiger partial charge in [-0.2, -0.15) is 0 Å². The van der Waals surface area contributed by atoms with Gasteiger partial charge in [-0.3, -0.25) is 18.7 Å². The number of aliphatic hydroxyl groups excluding tert-OH is 5. The molecule has 1 rings (SSSR count). The standard InChI is InChI=1S/C42H81O12P/c1-4-6-8-10-12-14-16-18-20-22-24-26-28-30-35(43)51-32-34(33-52-55(3,50)54-42-40(48)38(46)37(45)39(47)41(42)49)53-36(44)31-29-27-25-23-21-19-17-15-13-11-9-7-5-2/h34,37-42,45-49H,4-33H2,1-3H3/t34-,37?,38-,39+,40+,41+,42?,55?/m0/s1. The summed E-state index contributed by atoms with van der Waals surface area (Å²) in [6.45, 7) is 4.73. The summed E-state index contributed by atoms with van der Waals surface area (Å²) >= 11 is 0. The number of hydrogen-bond acceptors (Lipinski definition) is 12. The minimum Gasteiger partial charge on any atom is -0.462 e. The molecule has 1 fully saturated rings. The smallest absolute Gasteiger partial charge is 0.328 e. The summed E-state index contributed by atoms with van der Waals surface area (Å²) in [6, 6.07) is 0. The summed E-state index contributed by atoms with van der Waals surface area (Å²) < 4.78 is 35.0. The van der Waals surface area contributed by atoms with Crippen molar-refractivity contribution in [1.82, 2.24) is 0 Å². The minimum atomic E-state index is -4.10. The fourth-order valence-electron chi connectivity index (χ4n) is 6.98. The lowest BCUT2D eigenvalue weighted by atomic mass is 9.85. The molecule has 5 N–H and O–H groups in total. The maximum absolute atomic E-state index is 13.2. The van der Waals surface area contributed by atoms with Crippen molar-refractivity contribution in [3.8, 4) is 0 Å². The van der Waals surface area contributed by atoms with Gasteiger partial charge in [0.25, 0.3) is 0 Å². The molecule has 0 radical (unpaired) electrons. The Kier molecular flexibility index (Phi) is 31.0. The third kappa shape index (κ3) is 25.8. The second-order valence-corrected chi connectivity index (χ2v) is 17.9. The van der Waals surface area contributed by atoms with Gasteiger partial charge in [0.05, 0.1) is 6.61 Å². The third-order valence-corrected chi connectivity index (χ3v) is 11.8. The molecule has 8 atom stereocenters. The topological polar surface area (TPSA) is 189 Å². The Hall–Kier alpha value is -1.11. The number of ether oxygens (including phenoxy) is 2. The Balaban J connectivity index is 2.48. The zero-order chi connectivity index (χ0) is 40.7. The maximum atomic E-state index is 13.2. The molecular formula is C42H81O12P. The molecule has 0 heterocycles. The van der Waals surface area contributed by atoms with Crippen molar-refractivity contribution in [3.63, 3.8) is 0 Å². The molecule has 13 heteroatoms. The van der Waals surface area contributed by atoms with Crippen LogP contribution >= 0.6 is 7.60 Å². The number of hydrogen-bond donors (Lipinski definition) is 5. The van der Waals surface area contributed by atoms with E-state index in [0.29, 0.717) is 12.8 Å². The van der Waals surface area contributed by atoms with Gasteiger partial charge in [0, 0.05) is 19.5 Å². The van der Waals surface area contributed by atoms with Gasteiger partial charge in [-0.15, -0.1) is 0 Å². The Morgan fingerprint density at radius 3 is 1.20 bits per heavy atom. The zero-order valence-electron chi connectivity index (χ0n) is 34.8. The van der Waals surface area contributed by atoms with Crippen molar-refractivity contribution in [2.75, 3.05) is 19.9 Å². The van der Waals surface area contributed by atoms with Gasteiger partial charge in [0.15, 0.2) is 6.10 Å². The van der Waals surface area contributed by atoms with Crippen LogP contribution in [0.25, 0.3) is 0 Å². The van der Waals surface area contributed by atoms with E-state index in [1.54, 1.807) is 0 Å². The molecule has 12 nitrogen and oxygen atoms in total. The molecule has 0 aliphatic heterocycles. The fourth-order valence-corrected chi connectivity index (χ4v) is 8.17. The molecule has 1 aliphatic carbocycles. The van der Waals surface area contributed by atoms with Crippen LogP contribution in [-0.4, -0.2) is 100 Å². The first-order valence-electron chi connectivity index (χ1n) is 22.1. The minimum absolute atomic E-state index is 0.167. The monoisotopic (exact) mass is 809 g/mol. The van der Waals surface area contributed by atoms with Crippen molar-refractivity contribution < 1.29 is 58.2 Å². The molecule has 1 aliphatic rings. The van der Waals surface area contributed by atoms with Gasteiger partial charge in [0.1, 0.15) is 43.2 Å². The van der Waals surface area contributed by atoms with E-state index in [0.717, 1.165) is 45.2 Å². The number of aliphatic hydroxyl groups is 5. The first-order valence-corrected chi connectivity index (χ1v) is 24.1. The number of unbranched alkanes of at least 4 members (excludes halogenated alkanes) is 24. The van der Waals surface area contributed by atoms with Crippen LogP contribution in [0.2, 0.25) is 0 Å². The molecule has 0 saturated heterocycles. The lowest BCUT2D eigenvalue weighted by molar-refractivity contribution is -0.218. The zero-order valence-corrected chi connectivity index (χ0v) is 35.7. The van der Waals surface area contributed by atoms with E-state index >= 15 is 0 Å². The second kappa shape index (κ2) is 32.8. The van der Waals surface area contributed by atoms with E-state index in [1.807, 2.05) is 0 Å². The van der Waals surface area contributed by atoms with Crippen molar-refractivity contribution in [2.45, 2.75) is 236 Å². The summed E-state index contributed by atoms with van der Waals surface area (Å²) in [5.41, 5.74) is 0.